The summed E-state index contributed by atoms with van der Waals surface area (Å²) in [6, 6.07) is 4.96. The fourth-order valence-electron chi connectivity index (χ4n) is 1.49. The van der Waals surface area contributed by atoms with Crippen LogP contribution in [0.2, 0.25) is 5.02 Å². The minimum atomic E-state index is -1.22. The third-order valence-corrected chi connectivity index (χ3v) is 2.79. The molecule has 1 atom stereocenters. The SMILES string of the molecule is COC(=O)CC[C@H](NC(=O)c1cccc(Cl)c1)C(=O)O. The van der Waals surface area contributed by atoms with Crippen molar-refractivity contribution in [3.63, 3.8) is 0 Å². The van der Waals surface area contributed by atoms with Crippen LogP contribution in [0.25, 0.3) is 0 Å². The van der Waals surface area contributed by atoms with Gasteiger partial charge in [0.15, 0.2) is 0 Å². The lowest BCUT2D eigenvalue weighted by atomic mass is 10.1. The number of carboxylic acid groups (broad SMARTS) is 1. The van der Waals surface area contributed by atoms with E-state index in [0.717, 1.165) is 0 Å². The van der Waals surface area contributed by atoms with Crippen LogP contribution in [0, 0.1) is 0 Å². The maximum Gasteiger partial charge on any atom is 0.326 e. The molecular weight excluding hydrogens is 286 g/mol. The van der Waals surface area contributed by atoms with E-state index >= 15 is 0 Å². The van der Waals surface area contributed by atoms with Crippen LogP contribution in [0.3, 0.4) is 0 Å². The van der Waals surface area contributed by atoms with Crippen molar-refractivity contribution in [2.24, 2.45) is 0 Å². The molecule has 1 rings (SSSR count). The van der Waals surface area contributed by atoms with Crippen LogP contribution in [0.4, 0.5) is 0 Å². The number of nitrogens with one attached hydrogen (secondary N) is 1. The Kier molecular flexibility index (Phi) is 5.99. The Morgan fingerprint density at radius 3 is 2.65 bits per heavy atom. The monoisotopic (exact) mass is 299 g/mol. The van der Waals surface area contributed by atoms with Gasteiger partial charge < -0.3 is 15.2 Å². The standard InChI is InChI=1S/C13H14ClNO5/c1-20-11(16)6-5-10(13(18)19)15-12(17)8-3-2-4-9(14)7-8/h2-4,7,10H,5-6H2,1H3,(H,15,17)(H,18,19)/t10-/m0/s1. The number of hydrogen-bond acceptors (Lipinski definition) is 4. The first-order valence-electron chi connectivity index (χ1n) is 5.80. The van der Waals surface area contributed by atoms with Crippen LogP contribution >= 0.6 is 11.6 Å². The average Bonchev–Trinajstić information content (AvgIpc) is 2.42. The number of aliphatic carboxylic acids is 1. The van der Waals surface area contributed by atoms with Crippen molar-refractivity contribution in [2.75, 3.05) is 7.11 Å². The van der Waals surface area contributed by atoms with Crippen molar-refractivity contribution in [1.29, 1.82) is 0 Å². The first kappa shape index (κ1) is 16.0. The summed E-state index contributed by atoms with van der Waals surface area (Å²) in [5, 5.41) is 11.7. The number of carboxylic acids is 1. The number of methoxy groups -OCH3 is 1. The molecule has 0 spiro atoms. The van der Waals surface area contributed by atoms with Crippen molar-refractivity contribution < 1.29 is 24.2 Å². The molecule has 0 radical (unpaired) electrons. The third kappa shape index (κ3) is 4.89. The van der Waals surface area contributed by atoms with Gasteiger partial charge in [-0.15, -0.1) is 0 Å². The molecule has 2 N–H and O–H groups in total. The minimum absolute atomic E-state index is 0.0473. The normalized spacial score (nSPS) is 11.5. The van der Waals surface area contributed by atoms with E-state index in [2.05, 4.69) is 10.1 Å². The average molecular weight is 300 g/mol. The van der Waals surface area contributed by atoms with Gasteiger partial charge in [-0.2, -0.15) is 0 Å². The molecule has 0 saturated heterocycles. The molecule has 0 aliphatic carbocycles. The van der Waals surface area contributed by atoms with E-state index < -0.39 is 23.9 Å². The first-order valence-corrected chi connectivity index (χ1v) is 6.18. The van der Waals surface area contributed by atoms with E-state index in [1.807, 2.05) is 0 Å². The van der Waals surface area contributed by atoms with Crippen molar-refractivity contribution in [3.05, 3.63) is 34.9 Å². The molecule has 6 nitrogen and oxygen atoms in total. The van der Waals surface area contributed by atoms with Crippen LogP contribution in [-0.4, -0.2) is 36.1 Å². The molecule has 108 valence electrons. The number of benzene rings is 1. The zero-order chi connectivity index (χ0) is 15.1. The van der Waals surface area contributed by atoms with Gasteiger partial charge in [0.2, 0.25) is 0 Å². The summed E-state index contributed by atoms with van der Waals surface area (Å²) in [6.45, 7) is 0. The van der Waals surface area contributed by atoms with E-state index in [-0.39, 0.29) is 18.4 Å². The Balaban J connectivity index is 2.68. The predicted octanol–water partition coefficient (Wildman–Crippen LogP) is 1.48. The van der Waals surface area contributed by atoms with Gasteiger partial charge in [0.05, 0.1) is 7.11 Å². The van der Waals surface area contributed by atoms with Gasteiger partial charge >= 0.3 is 11.9 Å². The number of hydrogen-bond donors (Lipinski definition) is 2. The van der Waals surface area contributed by atoms with Crippen LogP contribution in [0.5, 0.6) is 0 Å². The second-order valence-corrected chi connectivity index (χ2v) is 4.43. The molecule has 7 heteroatoms. The maximum absolute atomic E-state index is 11.9. The van der Waals surface area contributed by atoms with E-state index in [0.29, 0.717) is 5.02 Å². The van der Waals surface area contributed by atoms with Gasteiger partial charge in [0, 0.05) is 17.0 Å². The lowest BCUT2D eigenvalue weighted by Gasteiger charge is -2.14. The largest absolute Gasteiger partial charge is 0.480 e. The zero-order valence-corrected chi connectivity index (χ0v) is 11.5. The molecule has 20 heavy (non-hydrogen) atoms. The Morgan fingerprint density at radius 1 is 1.40 bits per heavy atom. The van der Waals surface area contributed by atoms with Crippen LogP contribution in [0.1, 0.15) is 23.2 Å². The number of esters is 1. The van der Waals surface area contributed by atoms with Crippen molar-refractivity contribution >= 4 is 29.4 Å². The van der Waals surface area contributed by atoms with Crippen LogP contribution in [-0.2, 0) is 14.3 Å². The Hall–Kier alpha value is -2.08. The Bertz CT molecular complexity index is 517. The highest BCUT2D eigenvalue weighted by Crippen LogP contribution is 2.11. The summed E-state index contributed by atoms with van der Waals surface area (Å²) in [5.74, 6) is -2.32. The number of halogens is 1. The van der Waals surface area contributed by atoms with Gasteiger partial charge in [-0.25, -0.2) is 4.79 Å². The molecule has 0 aliphatic rings. The molecule has 1 aromatic carbocycles. The molecule has 0 unspecified atom stereocenters. The number of rotatable bonds is 6. The van der Waals surface area contributed by atoms with E-state index in [9.17, 15) is 14.4 Å². The minimum Gasteiger partial charge on any atom is -0.480 e. The smallest absolute Gasteiger partial charge is 0.326 e. The molecule has 0 aromatic heterocycles. The van der Waals surface area contributed by atoms with Gasteiger partial charge in [-0.05, 0) is 24.6 Å². The molecule has 0 bridgehead atoms. The molecule has 1 aromatic rings. The van der Waals surface area contributed by atoms with Crippen LogP contribution in [0.15, 0.2) is 24.3 Å². The number of carbonyl (C=O) groups excluding carboxylic acids is 2. The van der Waals surface area contributed by atoms with Gasteiger partial charge in [0.25, 0.3) is 5.91 Å². The molecular formula is C13H14ClNO5. The third-order valence-electron chi connectivity index (χ3n) is 2.56. The van der Waals surface area contributed by atoms with E-state index in [1.54, 1.807) is 12.1 Å². The number of carbonyl (C=O) groups is 3. The van der Waals surface area contributed by atoms with Gasteiger partial charge in [-0.3, -0.25) is 9.59 Å². The van der Waals surface area contributed by atoms with Crippen LogP contribution < -0.4 is 5.32 Å². The number of amides is 1. The number of ether oxygens (including phenoxy) is 1. The lowest BCUT2D eigenvalue weighted by molar-refractivity contribution is -0.142. The summed E-state index contributed by atoms with van der Waals surface area (Å²) in [7, 11) is 1.21. The Morgan fingerprint density at radius 2 is 2.10 bits per heavy atom. The highest BCUT2D eigenvalue weighted by molar-refractivity contribution is 6.30. The van der Waals surface area contributed by atoms with Crippen molar-refractivity contribution in [3.8, 4) is 0 Å². The molecule has 0 saturated carbocycles. The highest BCUT2D eigenvalue weighted by Gasteiger charge is 2.21. The van der Waals surface area contributed by atoms with Gasteiger partial charge in [-0.1, -0.05) is 17.7 Å². The fraction of sp³-hybridized carbons (Fsp3) is 0.308. The molecule has 0 fully saturated rings. The van der Waals surface area contributed by atoms with E-state index in [4.69, 9.17) is 16.7 Å². The zero-order valence-electron chi connectivity index (χ0n) is 10.8. The second kappa shape index (κ2) is 7.49. The highest BCUT2D eigenvalue weighted by atomic mass is 35.5. The van der Waals surface area contributed by atoms with Crippen molar-refractivity contribution in [1.82, 2.24) is 5.32 Å². The maximum atomic E-state index is 11.9. The lowest BCUT2D eigenvalue weighted by Crippen LogP contribution is -2.41. The summed E-state index contributed by atoms with van der Waals surface area (Å²) < 4.78 is 4.42. The second-order valence-electron chi connectivity index (χ2n) is 3.99. The summed E-state index contributed by atoms with van der Waals surface area (Å²) in [5.41, 5.74) is 0.252. The quantitative estimate of drug-likeness (QED) is 0.776. The topological polar surface area (TPSA) is 92.7 Å². The van der Waals surface area contributed by atoms with Crippen molar-refractivity contribution in [2.45, 2.75) is 18.9 Å². The fourth-order valence-corrected chi connectivity index (χ4v) is 1.68. The van der Waals surface area contributed by atoms with E-state index in [1.165, 1.54) is 19.2 Å². The molecule has 0 heterocycles. The van der Waals surface area contributed by atoms with Gasteiger partial charge in [0.1, 0.15) is 6.04 Å². The first-order chi connectivity index (χ1) is 9.43. The summed E-state index contributed by atoms with van der Waals surface area (Å²) >= 11 is 5.75. The molecule has 1 amide bonds. The summed E-state index contributed by atoms with van der Waals surface area (Å²) in [6.07, 6.45) is -0.141. The summed E-state index contributed by atoms with van der Waals surface area (Å²) in [4.78, 5) is 33.9. The molecule has 0 aliphatic heterocycles. The Labute approximate surface area is 120 Å². The predicted molar refractivity (Wildman–Crippen MR) is 71.6 cm³/mol.